The Balaban J connectivity index is 1.42. The van der Waals surface area contributed by atoms with E-state index in [4.69, 9.17) is 4.74 Å². The van der Waals surface area contributed by atoms with E-state index in [2.05, 4.69) is 55.1 Å². The van der Waals surface area contributed by atoms with Gasteiger partial charge in [-0.05, 0) is 62.1 Å². The van der Waals surface area contributed by atoms with Crippen LogP contribution in [0.1, 0.15) is 18.4 Å². The molecule has 0 amide bonds. The molecule has 1 aromatic heterocycles. The second-order valence-corrected chi connectivity index (χ2v) is 8.51. The van der Waals surface area contributed by atoms with Gasteiger partial charge in [-0.25, -0.2) is 0 Å². The average molecular weight is 416 g/mol. The van der Waals surface area contributed by atoms with E-state index in [9.17, 15) is 0 Å². The molecule has 2 heterocycles. The summed E-state index contributed by atoms with van der Waals surface area (Å²) in [7, 11) is 5.93. The van der Waals surface area contributed by atoms with Gasteiger partial charge in [0.25, 0.3) is 0 Å². The van der Waals surface area contributed by atoms with Crippen molar-refractivity contribution >= 4 is 22.3 Å². The second-order valence-electron chi connectivity index (χ2n) is 7.58. The molecule has 0 unspecified atom stereocenters. The third-order valence-electron chi connectivity index (χ3n) is 5.04. The number of aliphatic imine (C=N–C) groups is 1. The summed E-state index contributed by atoms with van der Waals surface area (Å²) in [5.41, 5.74) is 1.18. The molecule has 0 spiro atoms. The zero-order valence-electron chi connectivity index (χ0n) is 17.7. The van der Waals surface area contributed by atoms with Crippen molar-refractivity contribution in [3.8, 4) is 5.75 Å². The highest BCUT2D eigenvalue weighted by atomic mass is 32.1. The minimum atomic E-state index is 0.457. The summed E-state index contributed by atoms with van der Waals surface area (Å²) in [5.74, 6) is 1.77. The molecule has 0 bridgehead atoms. The van der Waals surface area contributed by atoms with Crippen molar-refractivity contribution in [1.82, 2.24) is 15.5 Å². The van der Waals surface area contributed by atoms with E-state index >= 15 is 0 Å². The first-order valence-corrected chi connectivity index (χ1v) is 11.1. The summed E-state index contributed by atoms with van der Waals surface area (Å²) in [5, 5.41) is 10.5. The molecular formula is C22H33N5OS. The Hall–Kier alpha value is -2.25. The fraction of sp³-hybridized carbons (Fsp3) is 0.500. The van der Waals surface area contributed by atoms with Gasteiger partial charge in [0.15, 0.2) is 5.96 Å². The SMILES string of the molecule is CN=C(NCc1cccc(OCCN(C)C)c1)NC1CCN(c2cccs2)CC1. The number of hydrogen-bond acceptors (Lipinski definition) is 5. The van der Waals surface area contributed by atoms with Crippen molar-refractivity contribution in [3.05, 3.63) is 47.3 Å². The number of hydrogen-bond donors (Lipinski definition) is 2. The van der Waals surface area contributed by atoms with E-state index in [-0.39, 0.29) is 0 Å². The molecule has 1 aliphatic rings. The van der Waals surface area contributed by atoms with Crippen LogP contribution in [0.2, 0.25) is 0 Å². The van der Waals surface area contributed by atoms with Crippen LogP contribution in [0.4, 0.5) is 5.00 Å². The largest absolute Gasteiger partial charge is 0.492 e. The van der Waals surface area contributed by atoms with Gasteiger partial charge in [0.05, 0.1) is 5.00 Å². The lowest BCUT2D eigenvalue weighted by Crippen LogP contribution is -2.48. The lowest BCUT2D eigenvalue weighted by molar-refractivity contribution is 0.261. The molecule has 0 atom stereocenters. The van der Waals surface area contributed by atoms with Crippen molar-refractivity contribution in [1.29, 1.82) is 0 Å². The number of rotatable bonds is 8. The zero-order valence-corrected chi connectivity index (χ0v) is 18.5. The summed E-state index contributed by atoms with van der Waals surface area (Å²) < 4.78 is 5.83. The molecule has 3 rings (SSSR count). The van der Waals surface area contributed by atoms with Crippen LogP contribution in [0.25, 0.3) is 0 Å². The molecule has 158 valence electrons. The maximum absolute atomic E-state index is 5.83. The Kier molecular flexibility index (Phi) is 8.19. The van der Waals surface area contributed by atoms with Gasteiger partial charge in [-0.1, -0.05) is 12.1 Å². The smallest absolute Gasteiger partial charge is 0.191 e. The number of nitrogens with one attached hydrogen (secondary N) is 2. The first-order chi connectivity index (χ1) is 14.1. The minimum Gasteiger partial charge on any atom is -0.492 e. The van der Waals surface area contributed by atoms with Crippen molar-refractivity contribution in [2.45, 2.75) is 25.4 Å². The van der Waals surface area contributed by atoms with Crippen LogP contribution in [0.5, 0.6) is 5.75 Å². The van der Waals surface area contributed by atoms with Crippen LogP contribution >= 0.6 is 11.3 Å². The Bertz CT molecular complexity index is 754. The van der Waals surface area contributed by atoms with Gasteiger partial charge in [0, 0.05) is 39.3 Å². The molecule has 0 saturated carbocycles. The van der Waals surface area contributed by atoms with Crippen LogP contribution in [-0.2, 0) is 6.54 Å². The van der Waals surface area contributed by atoms with E-state index in [0.717, 1.165) is 50.7 Å². The molecule has 1 aliphatic heterocycles. The van der Waals surface area contributed by atoms with Crippen molar-refractivity contribution in [2.75, 3.05) is 52.3 Å². The topological polar surface area (TPSA) is 52.1 Å². The normalized spacial score (nSPS) is 15.6. The molecule has 1 saturated heterocycles. The van der Waals surface area contributed by atoms with E-state index in [1.54, 1.807) is 0 Å². The van der Waals surface area contributed by atoms with Crippen LogP contribution in [0.3, 0.4) is 0 Å². The van der Waals surface area contributed by atoms with Gasteiger partial charge in [0.1, 0.15) is 12.4 Å². The van der Waals surface area contributed by atoms with Crippen molar-refractivity contribution in [3.63, 3.8) is 0 Å². The maximum atomic E-state index is 5.83. The van der Waals surface area contributed by atoms with Crippen molar-refractivity contribution < 1.29 is 4.74 Å². The van der Waals surface area contributed by atoms with Crippen LogP contribution < -0.4 is 20.3 Å². The van der Waals surface area contributed by atoms with Crippen LogP contribution in [0, 0.1) is 0 Å². The molecule has 0 radical (unpaired) electrons. The van der Waals surface area contributed by atoms with Gasteiger partial charge in [-0.2, -0.15) is 0 Å². The predicted octanol–water partition coefficient (Wildman–Crippen LogP) is 3.02. The van der Waals surface area contributed by atoms with Gasteiger partial charge < -0.3 is 25.2 Å². The number of guanidine groups is 1. The number of anilines is 1. The number of piperidine rings is 1. The average Bonchev–Trinajstić information content (AvgIpc) is 3.26. The van der Waals surface area contributed by atoms with E-state index in [1.165, 1.54) is 10.6 Å². The summed E-state index contributed by atoms with van der Waals surface area (Å²) in [4.78, 5) is 8.99. The lowest BCUT2D eigenvalue weighted by atomic mass is 10.1. The second kappa shape index (κ2) is 11.1. The van der Waals surface area contributed by atoms with Crippen molar-refractivity contribution in [2.24, 2.45) is 4.99 Å². The third-order valence-corrected chi connectivity index (χ3v) is 5.97. The molecule has 0 aliphatic carbocycles. The Morgan fingerprint density at radius 3 is 2.76 bits per heavy atom. The Morgan fingerprint density at radius 2 is 2.07 bits per heavy atom. The Morgan fingerprint density at radius 1 is 1.24 bits per heavy atom. The van der Waals surface area contributed by atoms with Gasteiger partial charge in [-0.15, -0.1) is 11.3 Å². The fourth-order valence-electron chi connectivity index (χ4n) is 3.36. The molecule has 1 aromatic carbocycles. The summed E-state index contributed by atoms with van der Waals surface area (Å²) >= 11 is 1.82. The molecular weight excluding hydrogens is 382 g/mol. The molecule has 6 nitrogen and oxygen atoms in total. The Labute approximate surface area is 178 Å². The number of likely N-dealkylation sites (N-methyl/N-ethyl adjacent to an activating group) is 1. The molecule has 1 fully saturated rings. The fourth-order valence-corrected chi connectivity index (χ4v) is 4.14. The van der Waals surface area contributed by atoms with Gasteiger partial charge >= 0.3 is 0 Å². The monoisotopic (exact) mass is 415 g/mol. The highest BCUT2D eigenvalue weighted by Crippen LogP contribution is 2.24. The number of ether oxygens (including phenoxy) is 1. The quantitative estimate of drug-likeness (QED) is 0.513. The number of nitrogens with zero attached hydrogens (tertiary/aromatic N) is 3. The van der Waals surface area contributed by atoms with E-state index in [0.29, 0.717) is 12.6 Å². The summed E-state index contributed by atoms with van der Waals surface area (Å²) in [6.45, 7) is 4.49. The summed E-state index contributed by atoms with van der Waals surface area (Å²) in [6.07, 6.45) is 2.24. The maximum Gasteiger partial charge on any atom is 0.191 e. The highest BCUT2D eigenvalue weighted by Gasteiger charge is 2.20. The highest BCUT2D eigenvalue weighted by molar-refractivity contribution is 7.14. The first kappa shape index (κ1) is 21.5. The first-order valence-electron chi connectivity index (χ1n) is 10.3. The lowest BCUT2D eigenvalue weighted by Gasteiger charge is -2.33. The van der Waals surface area contributed by atoms with E-state index < -0.39 is 0 Å². The molecule has 2 aromatic rings. The molecule has 2 N–H and O–H groups in total. The van der Waals surface area contributed by atoms with Crippen LogP contribution in [0.15, 0.2) is 46.8 Å². The van der Waals surface area contributed by atoms with Gasteiger partial charge in [-0.3, -0.25) is 4.99 Å². The molecule has 29 heavy (non-hydrogen) atoms. The predicted molar refractivity (Wildman–Crippen MR) is 123 cm³/mol. The number of thiophene rings is 1. The minimum absolute atomic E-state index is 0.457. The van der Waals surface area contributed by atoms with Gasteiger partial charge in [0.2, 0.25) is 0 Å². The summed E-state index contributed by atoms with van der Waals surface area (Å²) in [6, 6.07) is 13.0. The number of benzene rings is 1. The molecule has 7 heteroatoms. The standard InChI is InChI=1S/C22H33N5OS/c1-23-22(25-19-9-11-27(12-10-19)21-8-5-15-29-21)24-17-18-6-4-7-20(16-18)28-14-13-26(2)3/h4-8,15-16,19H,9-14,17H2,1-3H3,(H2,23,24,25). The third kappa shape index (κ3) is 6.94. The van der Waals surface area contributed by atoms with Crippen LogP contribution in [-0.4, -0.2) is 64.3 Å². The zero-order chi connectivity index (χ0) is 20.5. The van der Waals surface area contributed by atoms with E-state index in [1.807, 2.05) is 44.6 Å².